The van der Waals surface area contributed by atoms with E-state index in [1.54, 1.807) is 43.5 Å². The quantitative estimate of drug-likeness (QED) is 0.737. The Morgan fingerprint density at radius 3 is 2.87 bits per heavy atom. The van der Waals surface area contributed by atoms with Crippen LogP contribution in [0.5, 0.6) is 5.75 Å². The lowest BCUT2D eigenvalue weighted by Crippen LogP contribution is -2.14. The summed E-state index contributed by atoms with van der Waals surface area (Å²) in [5, 5.41) is 7.91. The van der Waals surface area contributed by atoms with Crippen LogP contribution in [0.2, 0.25) is 5.02 Å². The molecule has 0 unspecified atom stereocenters. The first kappa shape index (κ1) is 15.6. The number of sulfonamides is 1. The summed E-state index contributed by atoms with van der Waals surface area (Å²) in [4.78, 5) is -0.00319. The van der Waals surface area contributed by atoms with E-state index < -0.39 is 10.0 Å². The van der Waals surface area contributed by atoms with Gasteiger partial charge in [-0.3, -0.25) is 9.82 Å². The van der Waals surface area contributed by atoms with Crippen molar-refractivity contribution >= 4 is 38.2 Å². The van der Waals surface area contributed by atoms with Crippen LogP contribution in [0.1, 0.15) is 6.92 Å². The van der Waals surface area contributed by atoms with Gasteiger partial charge >= 0.3 is 0 Å². The van der Waals surface area contributed by atoms with Crippen LogP contribution >= 0.6 is 11.6 Å². The van der Waals surface area contributed by atoms with Gasteiger partial charge in [-0.25, -0.2) is 8.42 Å². The summed E-state index contributed by atoms with van der Waals surface area (Å²) in [6, 6.07) is 9.60. The van der Waals surface area contributed by atoms with Crippen LogP contribution in [0, 0.1) is 0 Å². The number of rotatable bonds is 5. The molecule has 0 fully saturated rings. The highest BCUT2D eigenvalue weighted by atomic mass is 35.5. The van der Waals surface area contributed by atoms with Gasteiger partial charge < -0.3 is 4.74 Å². The Morgan fingerprint density at radius 1 is 1.26 bits per heavy atom. The largest absolute Gasteiger partial charge is 0.492 e. The van der Waals surface area contributed by atoms with E-state index in [2.05, 4.69) is 14.9 Å². The Bertz CT molecular complexity index is 954. The van der Waals surface area contributed by atoms with Crippen molar-refractivity contribution in [3.63, 3.8) is 0 Å². The molecule has 1 aromatic heterocycles. The average molecular weight is 352 g/mol. The number of fused-ring (bicyclic) bond motifs is 1. The van der Waals surface area contributed by atoms with Crippen LogP contribution in [-0.2, 0) is 10.0 Å². The van der Waals surface area contributed by atoms with Gasteiger partial charge in [0.25, 0.3) is 10.0 Å². The fourth-order valence-electron chi connectivity index (χ4n) is 2.18. The van der Waals surface area contributed by atoms with E-state index in [9.17, 15) is 8.42 Å². The van der Waals surface area contributed by atoms with E-state index in [-0.39, 0.29) is 10.6 Å². The summed E-state index contributed by atoms with van der Waals surface area (Å²) in [5.74, 6) is 0.256. The zero-order valence-corrected chi connectivity index (χ0v) is 13.8. The third-order valence-corrected chi connectivity index (χ3v) is 4.83. The Labute approximate surface area is 138 Å². The maximum atomic E-state index is 12.6. The van der Waals surface area contributed by atoms with Gasteiger partial charge in [0.05, 0.1) is 24.0 Å². The summed E-state index contributed by atoms with van der Waals surface area (Å²) in [7, 11) is -3.83. The molecular weight excluding hydrogens is 338 g/mol. The second-order valence-corrected chi connectivity index (χ2v) is 6.89. The zero-order chi connectivity index (χ0) is 16.4. The molecule has 0 aliphatic heterocycles. The summed E-state index contributed by atoms with van der Waals surface area (Å²) in [6.07, 6.45) is 1.66. The van der Waals surface area contributed by atoms with E-state index in [0.29, 0.717) is 17.3 Å². The molecule has 2 N–H and O–H groups in total. The number of hydrogen-bond donors (Lipinski definition) is 2. The minimum absolute atomic E-state index is 0.00319. The topological polar surface area (TPSA) is 84.1 Å². The van der Waals surface area contributed by atoms with Crippen molar-refractivity contribution < 1.29 is 13.2 Å². The monoisotopic (exact) mass is 351 g/mol. The molecule has 0 spiro atoms. The van der Waals surface area contributed by atoms with E-state index >= 15 is 0 Å². The third kappa shape index (κ3) is 3.25. The van der Waals surface area contributed by atoms with Crippen LogP contribution in [0.25, 0.3) is 10.9 Å². The molecule has 1 heterocycles. The molecule has 23 heavy (non-hydrogen) atoms. The molecule has 6 nitrogen and oxygen atoms in total. The molecule has 120 valence electrons. The van der Waals surface area contributed by atoms with Gasteiger partial charge in [-0.2, -0.15) is 5.10 Å². The van der Waals surface area contributed by atoms with Crippen molar-refractivity contribution in [1.82, 2.24) is 10.2 Å². The van der Waals surface area contributed by atoms with Gasteiger partial charge in [0.1, 0.15) is 10.6 Å². The fraction of sp³-hybridized carbons (Fsp3) is 0.133. The highest BCUT2D eigenvalue weighted by Gasteiger charge is 2.20. The number of nitrogens with zero attached hydrogens (tertiary/aromatic N) is 1. The molecule has 2 aromatic carbocycles. The van der Waals surface area contributed by atoms with Crippen LogP contribution in [0.3, 0.4) is 0 Å². The molecule has 3 rings (SSSR count). The zero-order valence-electron chi connectivity index (χ0n) is 12.2. The number of anilines is 1. The number of H-pyrrole nitrogens is 1. The molecule has 8 heteroatoms. The lowest BCUT2D eigenvalue weighted by Gasteiger charge is -2.13. The number of hydrogen-bond acceptors (Lipinski definition) is 4. The molecule has 0 saturated heterocycles. The van der Waals surface area contributed by atoms with Crippen molar-refractivity contribution in [2.75, 3.05) is 11.3 Å². The van der Waals surface area contributed by atoms with E-state index in [4.69, 9.17) is 16.3 Å². The normalized spacial score (nSPS) is 11.6. The predicted octanol–water partition coefficient (Wildman–Crippen LogP) is 3.42. The van der Waals surface area contributed by atoms with Crippen molar-refractivity contribution in [1.29, 1.82) is 0 Å². The maximum Gasteiger partial charge on any atom is 0.265 e. The second-order valence-electron chi connectivity index (χ2n) is 4.80. The second kappa shape index (κ2) is 6.10. The van der Waals surface area contributed by atoms with Gasteiger partial charge in [-0.05, 0) is 43.3 Å². The van der Waals surface area contributed by atoms with E-state index in [1.807, 2.05) is 0 Å². The van der Waals surface area contributed by atoms with Gasteiger partial charge in [-0.15, -0.1) is 0 Å². The van der Waals surface area contributed by atoms with Gasteiger partial charge in [0, 0.05) is 10.4 Å². The van der Waals surface area contributed by atoms with Gasteiger partial charge in [0.2, 0.25) is 0 Å². The maximum absolute atomic E-state index is 12.6. The van der Waals surface area contributed by atoms with Crippen LogP contribution in [0.15, 0.2) is 47.5 Å². The number of ether oxygens (including phenoxy) is 1. The Morgan fingerprint density at radius 2 is 2.09 bits per heavy atom. The Hall–Kier alpha value is -2.25. The smallest absolute Gasteiger partial charge is 0.265 e. The standard InChI is InChI=1S/C15H14ClN3O3S/c1-2-22-14-6-4-11(16)7-15(14)23(20,21)19-12-5-3-10-9-17-18-13(10)8-12/h3-9,19H,2H2,1H3,(H,17,18). The minimum Gasteiger partial charge on any atom is -0.492 e. The summed E-state index contributed by atoms with van der Waals surface area (Å²) < 4.78 is 33.2. The molecular formula is C15H14ClN3O3S. The van der Waals surface area contributed by atoms with Crippen LogP contribution < -0.4 is 9.46 Å². The Balaban J connectivity index is 1.99. The number of aromatic amines is 1. The van der Waals surface area contributed by atoms with E-state index in [1.165, 1.54) is 6.07 Å². The predicted molar refractivity (Wildman–Crippen MR) is 89.5 cm³/mol. The van der Waals surface area contributed by atoms with Crippen LogP contribution in [-0.4, -0.2) is 25.2 Å². The SMILES string of the molecule is CCOc1ccc(Cl)cc1S(=O)(=O)Nc1ccc2cn[nH]c2c1. The first-order valence-corrected chi connectivity index (χ1v) is 8.74. The molecule has 0 saturated carbocycles. The molecule has 0 bridgehead atoms. The summed E-state index contributed by atoms with van der Waals surface area (Å²) in [5.41, 5.74) is 1.16. The number of aromatic nitrogens is 2. The lowest BCUT2D eigenvalue weighted by atomic mass is 10.2. The number of nitrogens with one attached hydrogen (secondary N) is 2. The molecule has 0 atom stereocenters. The average Bonchev–Trinajstić information content (AvgIpc) is 2.96. The molecule has 0 aliphatic carbocycles. The highest BCUT2D eigenvalue weighted by molar-refractivity contribution is 7.92. The molecule has 0 aliphatic rings. The first-order chi connectivity index (χ1) is 11.0. The number of benzene rings is 2. The first-order valence-electron chi connectivity index (χ1n) is 6.88. The Kier molecular flexibility index (Phi) is 4.14. The van der Waals surface area contributed by atoms with Crippen molar-refractivity contribution in [2.45, 2.75) is 11.8 Å². The van der Waals surface area contributed by atoms with E-state index in [0.717, 1.165) is 10.9 Å². The number of halogens is 1. The highest BCUT2D eigenvalue weighted by Crippen LogP contribution is 2.29. The minimum atomic E-state index is -3.83. The van der Waals surface area contributed by atoms with Crippen molar-refractivity contribution in [3.8, 4) is 5.75 Å². The van der Waals surface area contributed by atoms with Crippen molar-refractivity contribution in [3.05, 3.63) is 47.6 Å². The molecule has 0 radical (unpaired) electrons. The van der Waals surface area contributed by atoms with Crippen molar-refractivity contribution in [2.24, 2.45) is 0 Å². The van der Waals surface area contributed by atoms with Gasteiger partial charge in [0.15, 0.2) is 0 Å². The van der Waals surface area contributed by atoms with Crippen LogP contribution in [0.4, 0.5) is 5.69 Å². The molecule has 3 aromatic rings. The lowest BCUT2D eigenvalue weighted by molar-refractivity contribution is 0.331. The van der Waals surface area contributed by atoms with Gasteiger partial charge in [-0.1, -0.05) is 11.6 Å². The molecule has 0 amide bonds. The fourth-order valence-corrected chi connectivity index (χ4v) is 3.64. The third-order valence-electron chi connectivity index (χ3n) is 3.19. The summed E-state index contributed by atoms with van der Waals surface area (Å²) in [6.45, 7) is 2.13. The summed E-state index contributed by atoms with van der Waals surface area (Å²) >= 11 is 5.93.